The molecule has 8 nitrogen and oxygen atoms in total. The highest BCUT2D eigenvalue weighted by Gasteiger charge is 2.15. The van der Waals surface area contributed by atoms with Gasteiger partial charge in [-0.05, 0) is 62.3 Å². The van der Waals surface area contributed by atoms with Crippen LogP contribution in [0.2, 0.25) is 0 Å². The lowest BCUT2D eigenvalue weighted by Crippen LogP contribution is -2.33. The fraction of sp³-hybridized carbons (Fsp3) is 0.385. The number of nitrogens with one attached hydrogen (secondary N) is 1. The van der Waals surface area contributed by atoms with Crippen molar-refractivity contribution in [3.63, 3.8) is 0 Å². The molecule has 3 aromatic rings. The summed E-state index contributed by atoms with van der Waals surface area (Å²) in [5, 5.41) is 7.20. The van der Waals surface area contributed by atoms with Crippen LogP contribution in [0, 0.1) is 0 Å². The van der Waals surface area contributed by atoms with Gasteiger partial charge in [0.15, 0.2) is 6.61 Å². The molecule has 0 saturated carbocycles. The van der Waals surface area contributed by atoms with Crippen molar-refractivity contribution in [1.82, 2.24) is 14.7 Å². The lowest BCUT2D eigenvalue weighted by Gasteiger charge is -2.26. The molecular formula is C26H32N4O4. The van der Waals surface area contributed by atoms with Gasteiger partial charge in [-0.1, -0.05) is 12.5 Å². The van der Waals surface area contributed by atoms with E-state index in [1.54, 1.807) is 30.1 Å². The Morgan fingerprint density at radius 3 is 2.62 bits per heavy atom. The van der Waals surface area contributed by atoms with E-state index in [-0.39, 0.29) is 12.5 Å². The summed E-state index contributed by atoms with van der Waals surface area (Å²) in [6.45, 7) is 3.69. The number of benzene rings is 2. The van der Waals surface area contributed by atoms with Gasteiger partial charge in [-0.3, -0.25) is 14.4 Å². The quantitative estimate of drug-likeness (QED) is 0.489. The number of aryl methyl sites for hydroxylation is 1. The molecule has 0 radical (unpaired) electrons. The van der Waals surface area contributed by atoms with Crippen LogP contribution in [-0.4, -0.2) is 60.5 Å². The van der Waals surface area contributed by atoms with E-state index in [9.17, 15) is 4.79 Å². The van der Waals surface area contributed by atoms with Gasteiger partial charge < -0.3 is 19.5 Å². The van der Waals surface area contributed by atoms with E-state index in [1.807, 2.05) is 43.4 Å². The molecule has 4 rings (SSSR count). The molecule has 1 aromatic heterocycles. The lowest BCUT2D eigenvalue weighted by molar-refractivity contribution is -0.118. The molecular weight excluding hydrogens is 432 g/mol. The minimum atomic E-state index is -0.252. The number of aromatic nitrogens is 2. The molecule has 8 heteroatoms. The van der Waals surface area contributed by atoms with Crippen LogP contribution >= 0.6 is 0 Å². The van der Waals surface area contributed by atoms with Gasteiger partial charge in [0.1, 0.15) is 23.9 Å². The minimum Gasteiger partial charge on any atom is -0.497 e. The Morgan fingerprint density at radius 1 is 1.03 bits per heavy atom. The molecule has 34 heavy (non-hydrogen) atoms. The molecule has 1 N–H and O–H groups in total. The third-order valence-corrected chi connectivity index (χ3v) is 5.89. The third kappa shape index (κ3) is 6.29. The number of hydrogen-bond acceptors (Lipinski definition) is 6. The van der Waals surface area contributed by atoms with Crippen molar-refractivity contribution in [2.45, 2.75) is 19.3 Å². The normalized spacial score (nSPS) is 13.9. The van der Waals surface area contributed by atoms with Gasteiger partial charge in [-0.15, -0.1) is 0 Å². The second kappa shape index (κ2) is 11.6. The highest BCUT2D eigenvalue weighted by molar-refractivity contribution is 5.93. The van der Waals surface area contributed by atoms with Gasteiger partial charge in [-0.2, -0.15) is 5.10 Å². The molecule has 1 saturated heterocycles. The van der Waals surface area contributed by atoms with E-state index in [1.165, 1.54) is 19.3 Å². The smallest absolute Gasteiger partial charge is 0.262 e. The van der Waals surface area contributed by atoms with Gasteiger partial charge in [0.25, 0.3) is 5.91 Å². The Bertz CT molecular complexity index is 1090. The monoisotopic (exact) mass is 464 g/mol. The van der Waals surface area contributed by atoms with Crippen LogP contribution in [0.5, 0.6) is 17.2 Å². The number of nitrogens with zero attached hydrogens (tertiary/aromatic N) is 3. The Labute approximate surface area is 200 Å². The summed E-state index contributed by atoms with van der Waals surface area (Å²) in [6, 6.07) is 14.8. The third-order valence-electron chi connectivity index (χ3n) is 5.89. The molecule has 0 spiro atoms. The Balaban J connectivity index is 1.41. The molecule has 1 aliphatic rings. The summed E-state index contributed by atoms with van der Waals surface area (Å²) in [5.74, 6) is 1.76. The van der Waals surface area contributed by atoms with Crippen LogP contribution in [0.25, 0.3) is 11.3 Å². The summed E-state index contributed by atoms with van der Waals surface area (Å²) in [5.41, 5.74) is 2.46. The van der Waals surface area contributed by atoms with Gasteiger partial charge >= 0.3 is 0 Å². The number of methoxy groups -OCH3 is 1. The number of hydrogen-bond donors (Lipinski definition) is 1. The molecule has 180 valence electrons. The average molecular weight is 465 g/mol. The average Bonchev–Trinajstić information content (AvgIpc) is 3.30. The maximum absolute atomic E-state index is 12.5. The molecule has 1 aliphatic heterocycles. The maximum Gasteiger partial charge on any atom is 0.262 e. The van der Waals surface area contributed by atoms with Gasteiger partial charge in [0.05, 0.1) is 12.8 Å². The maximum atomic E-state index is 12.5. The first kappa shape index (κ1) is 23.6. The van der Waals surface area contributed by atoms with Crippen molar-refractivity contribution >= 4 is 11.6 Å². The molecule has 0 atom stereocenters. The Kier molecular flexibility index (Phi) is 8.04. The highest BCUT2D eigenvalue weighted by Crippen LogP contribution is 2.32. The predicted octanol–water partition coefficient (Wildman–Crippen LogP) is 3.98. The van der Waals surface area contributed by atoms with Gasteiger partial charge in [0, 0.05) is 37.1 Å². The van der Waals surface area contributed by atoms with Crippen LogP contribution in [0.1, 0.15) is 19.3 Å². The van der Waals surface area contributed by atoms with E-state index >= 15 is 0 Å². The van der Waals surface area contributed by atoms with Crippen LogP contribution in [0.15, 0.2) is 54.7 Å². The zero-order valence-corrected chi connectivity index (χ0v) is 19.8. The highest BCUT2D eigenvalue weighted by atomic mass is 16.5. The van der Waals surface area contributed by atoms with E-state index < -0.39 is 0 Å². The predicted molar refractivity (Wildman–Crippen MR) is 132 cm³/mol. The molecule has 1 amide bonds. The topological polar surface area (TPSA) is 77.9 Å². The number of amides is 1. The largest absolute Gasteiger partial charge is 0.497 e. The van der Waals surface area contributed by atoms with Crippen LogP contribution in [0.3, 0.4) is 0 Å². The fourth-order valence-corrected chi connectivity index (χ4v) is 4.08. The first-order chi connectivity index (χ1) is 16.6. The summed E-state index contributed by atoms with van der Waals surface area (Å²) in [7, 11) is 3.48. The first-order valence-corrected chi connectivity index (χ1v) is 11.7. The molecule has 1 fully saturated rings. The van der Waals surface area contributed by atoms with E-state index in [2.05, 4.69) is 15.3 Å². The van der Waals surface area contributed by atoms with E-state index in [0.29, 0.717) is 23.8 Å². The van der Waals surface area contributed by atoms with Crippen LogP contribution in [0.4, 0.5) is 5.69 Å². The number of carbonyl (C=O) groups excluding carboxylic acids is 1. The molecule has 2 aromatic carbocycles. The molecule has 0 aliphatic carbocycles. The standard InChI is InChI=1S/C26H32N4O4/c1-29-24(11-12-27-29)23-17-20(9-10-25(23)33-16-15-30-13-4-3-5-14-30)28-26(31)19-34-22-8-6-7-21(18-22)32-2/h6-12,17-18H,3-5,13-16,19H2,1-2H3,(H,28,31). The number of carbonyl (C=O) groups is 1. The van der Waals surface area contributed by atoms with Crippen molar-refractivity contribution in [3.8, 4) is 28.5 Å². The van der Waals surface area contributed by atoms with Gasteiger partial charge in [0.2, 0.25) is 0 Å². The lowest BCUT2D eigenvalue weighted by atomic mass is 10.1. The van der Waals surface area contributed by atoms with Crippen molar-refractivity contribution in [2.75, 3.05) is 45.3 Å². The second-order valence-electron chi connectivity index (χ2n) is 8.32. The summed E-state index contributed by atoms with van der Waals surface area (Å²) >= 11 is 0. The SMILES string of the molecule is COc1cccc(OCC(=O)Nc2ccc(OCCN3CCCCC3)c(-c3ccnn3C)c2)c1. The van der Waals surface area contributed by atoms with Crippen molar-refractivity contribution in [3.05, 3.63) is 54.7 Å². The number of anilines is 1. The zero-order valence-electron chi connectivity index (χ0n) is 19.8. The van der Waals surface area contributed by atoms with E-state index in [0.717, 1.165) is 36.6 Å². The number of ether oxygens (including phenoxy) is 3. The zero-order chi connectivity index (χ0) is 23.8. The molecule has 0 unspecified atom stereocenters. The molecule has 2 heterocycles. The number of piperidine rings is 1. The Hall–Kier alpha value is -3.52. The van der Waals surface area contributed by atoms with E-state index in [4.69, 9.17) is 14.2 Å². The summed E-state index contributed by atoms with van der Waals surface area (Å²) in [4.78, 5) is 15.0. The van der Waals surface area contributed by atoms with Crippen molar-refractivity contribution in [1.29, 1.82) is 0 Å². The summed E-state index contributed by atoms with van der Waals surface area (Å²) in [6.07, 6.45) is 5.59. The van der Waals surface area contributed by atoms with Crippen LogP contribution in [-0.2, 0) is 11.8 Å². The van der Waals surface area contributed by atoms with Crippen molar-refractivity contribution < 1.29 is 19.0 Å². The van der Waals surface area contributed by atoms with Crippen molar-refractivity contribution in [2.24, 2.45) is 7.05 Å². The minimum absolute atomic E-state index is 0.109. The van der Waals surface area contributed by atoms with Crippen LogP contribution < -0.4 is 19.5 Å². The number of likely N-dealkylation sites (tertiary alicyclic amines) is 1. The second-order valence-corrected chi connectivity index (χ2v) is 8.32. The number of rotatable bonds is 10. The van der Waals surface area contributed by atoms with Gasteiger partial charge in [-0.25, -0.2) is 0 Å². The fourth-order valence-electron chi connectivity index (χ4n) is 4.08. The molecule has 0 bridgehead atoms. The Morgan fingerprint density at radius 2 is 1.85 bits per heavy atom. The first-order valence-electron chi connectivity index (χ1n) is 11.7. The summed E-state index contributed by atoms with van der Waals surface area (Å²) < 4.78 is 18.8.